The van der Waals surface area contributed by atoms with Crippen LogP contribution < -0.4 is 5.73 Å². The van der Waals surface area contributed by atoms with E-state index in [1.54, 1.807) is 11.8 Å². The Morgan fingerprint density at radius 1 is 0.950 bits per heavy atom. The van der Waals surface area contributed by atoms with Crippen LogP contribution in [0.3, 0.4) is 0 Å². The van der Waals surface area contributed by atoms with Crippen LogP contribution in [0.4, 0.5) is 0 Å². The van der Waals surface area contributed by atoms with Crippen molar-refractivity contribution in [2.45, 2.75) is 53.4 Å². The molecule has 3 heteroatoms. The van der Waals surface area contributed by atoms with Crippen molar-refractivity contribution in [3.63, 3.8) is 0 Å². The van der Waals surface area contributed by atoms with E-state index in [-0.39, 0.29) is 5.91 Å². The summed E-state index contributed by atoms with van der Waals surface area (Å²) < 4.78 is 0. The fraction of sp³-hybridized carbons (Fsp3) is 0.588. The normalized spacial score (nSPS) is 12.4. The Kier molecular flexibility index (Phi) is 11.3. The van der Waals surface area contributed by atoms with Crippen molar-refractivity contribution in [2.24, 2.45) is 5.73 Å². The summed E-state index contributed by atoms with van der Waals surface area (Å²) in [5.41, 5.74) is 9.34. The molecule has 1 amide bonds. The van der Waals surface area contributed by atoms with Gasteiger partial charge in [0.15, 0.2) is 0 Å². The molecule has 0 spiro atoms. The summed E-state index contributed by atoms with van der Waals surface area (Å²) in [7, 11) is 0. The number of rotatable bonds is 10. The molecule has 2 N–H and O–H groups in total. The van der Waals surface area contributed by atoms with Gasteiger partial charge in [0.25, 0.3) is 0 Å². The second kappa shape index (κ2) is 11.8. The third-order valence-electron chi connectivity index (χ3n) is 2.92. The highest BCUT2D eigenvalue weighted by molar-refractivity contribution is 8.00. The van der Waals surface area contributed by atoms with E-state index in [0.717, 1.165) is 31.4 Å². The SMILES string of the molecule is CC(C)=CCC/C(C)=C/CC/C(C)=C/CSCC(N)=O. The van der Waals surface area contributed by atoms with E-state index >= 15 is 0 Å². The molecule has 20 heavy (non-hydrogen) atoms. The molecule has 0 radical (unpaired) electrons. The third kappa shape index (κ3) is 13.5. The lowest BCUT2D eigenvalue weighted by molar-refractivity contribution is -0.115. The zero-order valence-corrected chi connectivity index (χ0v) is 14.2. The Bertz CT molecular complexity index is 376. The molecule has 2 nitrogen and oxygen atoms in total. The zero-order chi connectivity index (χ0) is 15.4. The van der Waals surface area contributed by atoms with Crippen LogP contribution in [0, 0.1) is 0 Å². The van der Waals surface area contributed by atoms with Gasteiger partial charge in [-0.3, -0.25) is 4.79 Å². The molecule has 0 unspecified atom stereocenters. The van der Waals surface area contributed by atoms with Gasteiger partial charge in [0, 0.05) is 5.75 Å². The van der Waals surface area contributed by atoms with Gasteiger partial charge in [-0.15, -0.1) is 11.8 Å². The first-order valence-corrected chi connectivity index (χ1v) is 8.38. The monoisotopic (exact) mass is 295 g/mol. The second-order valence-corrected chi connectivity index (χ2v) is 6.47. The first-order valence-electron chi connectivity index (χ1n) is 7.22. The summed E-state index contributed by atoms with van der Waals surface area (Å²) in [6, 6.07) is 0. The third-order valence-corrected chi connectivity index (χ3v) is 3.81. The summed E-state index contributed by atoms with van der Waals surface area (Å²) in [4.78, 5) is 10.6. The fourth-order valence-corrected chi connectivity index (χ4v) is 2.42. The molecule has 0 aliphatic heterocycles. The molecule has 114 valence electrons. The maximum Gasteiger partial charge on any atom is 0.227 e. The van der Waals surface area contributed by atoms with E-state index in [0.29, 0.717) is 5.75 Å². The molecule has 0 aromatic carbocycles. The van der Waals surface area contributed by atoms with Crippen LogP contribution in [-0.2, 0) is 4.79 Å². The molecule has 0 heterocycles. The van der Waals surface area contributed by atoms with Crippen molar-refractivity contribution in [1.82, 2.24) is 0 Å². The number of carbonyl (C=O) groups excluding carboxylic acids is 1. The van der Waals surface area contributed by atoms with E-state index in [1.165, 1.54) is 16.7 Å². The molecule has 0 rings (SSSR count). The van der Waals surface area contributed by atoms with Gasteiger partial charge in [0.1, 0.15) is 0 Å². The highest BCUT2D eigenvalue weighted by Crippen LogP contribution is 2.12. The Labute approximate surface area is 128 Å². The largest absolute Gasteiger partial charge is 0.369 e. The fourth-order valence-electron chi connectivity index (χ4n) is 1.70. The van der Waals surface area contributed by atoms with Crippen molar-refractivity contribution in [2.75, 3.05) is 11.5 Å². The van der Waals surface area contributed by atoms with Crippen LogP contribution in [0.1, 0.15) is 53.4 Å². The average Bonchev–Trinajstić information content (AvgIpc) is 2.34. The maximum absolute atomic E-state index is 10.6. The number of thioether (sulfide) groups is 1. The number of hydrogen-bond acceptors (Lipinski definition) is 2. The molecule has 0 fully saturated rings. The zero-order valence-electron chi connectivity index (χ0n) is 13.4. The van der Waals surface area contributed by atoms with Crippen LogP contribution in [-0.4, -0.2) is 17.4 Å². The van der Waals surface area contributed by atoms with Gasteiger partial charge >= 0.3 is 0 Å². The van der Waals surface area contributed by atoms with Gasteiger partial charge in [0.05, 0.1) is 5.75 Å². The van der Waals surface area contributed by atoms with E-state index in [9.17, 15) is 4.79 Å². The number of nitrogens with two attached hydrogens (primary N) is 1. The number of amides is 1. The van der Waals surface area contributed by atoms with Gasteiger partial charge in [-0.1, -0.05) is 34.9 Å². The summed E-state index contributed by atoms with van der Waals surface area (Å²) >= 11 is 1.57. The molecular weight excluding hydrogens is 266 g/mol. The molecule has 0 saturated carbocycles. The smallest absolute Gasteiger partial charge is 0.227 e. The van der Waals surface area contributed by atoms with Gasteiger partial charge in [-0.25, -0.2) is 0 Å². The molecule has 0 atom stereocenters. The van der Waals surface area contributed by atoms with Crippen LogP contribution in [0.25, 0.3) is 0 Å². The summed E-state index contributed by atoms with van der Waals surface area (Å²) in [5.74, 6) is 1.04. The minimum atomic E-state index is -0.240. The predicted molar refractivity (Wildman–Crippen MR) is 91.9 cm³/mol. The van der Waals surface area contributed by atoms with E-state index in [1.807, 2.05) is 0 Å². The van der Waals surface area contributed by atoms with Crippen molar-refractivity contribution in [3.8, 4) is 0 Å². The van der Waals surface area contributed by atoms with Crippen LogP contribution in [0.2, 0.25) is 0 Å². The van der Waals surface area contributed by atoms with Crippen molar-refractivity contribution >= 4 is 17.7 Å². The molecule has 0 bridgehead atoms. The predicted octanol–water partition coefficient (Wildman–Crippen LogP) is 4.62. The Morgan fingerprint density at radius 3 is 2.05 bits per heavy atom. The van der Waals surface area contributed by atoms with E-state index in [4.69, 9.17) is 5.73 Å². The second-order valence-electron chi connectivity index (χ2n) is 5.44. The number of primary amides is 1. The minimum Gasteiger partial charge on any atom is -0.369 e. The molecule has 0 aromatic rings. The number of allylic oxidation sites excluding steroid dienone is 5. The molecule has 0 aliphatic carbocycles. The van der Waals surface area contributed by atoms with Gasteiger partial charge in [-0.05, 0) is 53.4 Å². The van der Waals surface area contributed by atoms with Gasteiger partial charge in [-0.2, -0.15) is 0 Å². The lowest BCUT2D eigenvalue weighted by Crippen LogP contribution is -2.13. The quantitative estimate of drug-likeness (QED) is 0.472. The molecule has 0 saturated heterocycles. The number of carbonyl (C=O) groups is 1. The Balaban J connectivity index is 3.82. The molecular formula is C17H29NOS. The van der Waals surface area contributed by atoms with Gasteiger partial charge in [0.2, 0.25) is 5.91 Å². The lowest BCUT2D eigenvalue weighted by Gasteiger charge is -2.01. The van der Waals surface area contributed by atoms with E-state index in [2.05, 4.69) is 45.9 Å². The van der Waals surface area contributed by atoms with Crippen molar-refractivity contribution in [1.29, 1.82) is 0 Å². The lowest BCUT2D eigenvalue weighted by atomic mass is 10.1. The first kappa shape index (κ1) is 19.0. The molecule has 0 aromatic heterocycles. The first-order chi connectivity index (χ1) is 9.41. The summed E-state index contributed by atoms with van der Waals surface area (Å²) in [6.07, 6.45) is 11.3. The highest BCUT2D eigenvalue weighted by atomic mass is 32.2. The Morgan fingerprint density at radius 2 is 1.50 bits per heavy atom. The Hall–Kier alpha value is -0.960. The van der Waals surface area contributed by atoms with Gasteiger partial charge < -0.3 is 5.73 Å². The van der Waals surface area contributed by atoms with Crippen molar-refractivity contribution in [3.05, 3.63) is 34.9 Å². The minimum absolute atomic E-state index is 0.240. The topological polar surface area (TPSA) is 43.1 Å². The maximum atomic E-state index is 10.6. The van der Waals surface area contributed by atoms with Crippen LogP contribution in [0.5, 0.6) is 0 Å². The number of hydrogen-bond donors (Lipinski definition) is 1. The summed E-state index contributed by atoms with van der Waals surface area (Å²) in [5, 5.41) is 0. The van der Waals surface area contributed by atoms with Crippen LogP contribution >= 0.6 is 11.8 Å². The van der Waals surface area contributed by atoms with E-state index < -0.39 is 0 Å². The average molecular weight is 295 g/mol. The van der Waals surface area contributed by atoms with Crippen molar-refractivity contribution < 1.29 is 4.79 Å². The summed E-state index contributed by atoms with van der Waals surface area (Å²) in [6.45, 7) is 8.64. The standard InChI is InChI=1S/C17H29NOS/c1-14(2)7-5-8-15(3)9-6-10-16(4)11-12-20-13-17(18)19/h7,9,11H,5-6,8,10,12-13H2,1-4H3,(H2,18,19)/b15-9+,16-11+. The highest BCUT2D eigenvalue weighted by Gasteiger charge is 1.94. The van der Waals surface area contributed by atoms with Crippen LogP contribution in [0.15, 0.2) is 34.9 Å². The molecule has 0 aliphatic rings.